The molecule has 7 nitrogen and oxygen atoms in total. The van der Waals surface area contributed by atoms with Crippen molar-refractivity contribution < 1.29 is 22.7 Å². The second-order valence-electron chi connectivity index (χ2n) is 6.05. The zero-order chi connectivity index (χ0) is 20.0. The van der Waals surface area contributed by atoms with E-state index in [1.54, 1.807) is 39.3 Å². The van der Waals surface area contributed by atoms with E-state index in [1.165, 1.54) is 0 Å². The average molecular weight is 392 g/mol. The normalized spacial score (nSPS) is 11.0. The molecule has 2 N–H and O–H groups in total. The van der Waals surface area contributed by atoms with E-state index in [1.807, 2.05) is 18.2 Å². The van der Waals surface area contributed by atoms with Crippen LogP contribution in [-0.2, 0) is 16.4 Å². The summed E-state index contributed by atoms with van der Waals surface area (Å²) in [6.07, 6.45) is 1.69. The highest BCUT2D eigenvalue weighted by Crippen LogP contribution is 2.27. The molecule has 2 aromatic carbocycles. The van der Waals surface area contributed by atoms with Gasteiger partial charge in [-0.2, -0.15) is 0 Å². The van der Waals surface area contributed by atoms with Crippen molar-refractivity contribution in [3.05, 3.63) is 53.1 Å². The smallest absolute Gasteiger partial charge is 0.251 e. The van der Waals surface area contributed by atoms with Crippen molar-refractivity contribution in [2.75, 3.05) is 31.7 Å². The van der Waals surface area contributed by atoms with Gasteiger partial charge in [-0.25, -0.2) is 8.42 Å². The predicted molar refractivity (Wildman–Crippen MR) is 105 cm³/mol. The fourth-order valence-corrected chi connectivity index (χ4v) is 3.26. The highest BCUT2D eigenvalue weighted by molar-refractivity contribution is 7.92. The lowest BCUT2D eigenvalue weighted by Gasteiger charge is -2.13. The van der Waals surface area contributed by atoms with Crippen LogP contribution < -0.4 is 19.5 Å². The van der Waals surface area contributed by atoms with Crippen LogP contribution in [0.1, 0.15) is 21.5 Å². The summed E-state index contributed by atoms with van der Waals surface area (Å²) in [5.41, 5.74) is 2.39. The quantitative estimate of drug-likeness (QED) is 0.719. The Morgan fingerprint density at radius 2 is 1.78 bits per heavy atom. The van der Waals surface area contributed by atoms with Gasteiger partial charge in [0.1, 0.15) is 0 Å². The Labute approximate surface area is 159 Å². The molecule has 0 aromatic heterocycles. The fourth-order valence-electron chi connectivity index (χ4n) is 2.64. The molecule has 0 aliphatic heterocycles. The molecule has 146 valence electrons. The van der Waals surface area contributed by atoms with Gasteiger partial charge in [0, 0.05) is 12.1 Å². The molecule has 0 unspecified atom stereocenters. The Morgan fingerprint density at radius 3 is 2.41 bits per heavy atom. The summed E-state index contributed by atoms with van der Waals surface area (Å²) in [5.74, 6) is 1.03. The zero-order valence-corrected chi connectivity index (χ0v) is 16.6. The number of sulfonamides is 1. The second-order valence-corrected chi connectivity index (χ2v) is 7.80. The SMILES string of the molecule is COc1ccc(CCNC(=O)c2cccc(NS(C)(=O)=O)c2C)cc1OC. The minimum absolute atomic E-state index is 0.259. The molecule has 1 amide bonds. The molecular formula is C19H24N2O5S. The molecule has 0 aliphatic carbocycles. The van der Waals surface area contributed by atoms with Gasteiger partial charge >= 0.3 is 0 Å². The van der Waals surface area contributed by atoms with Gasteiger partial charge in [-0.1, -0.05) is 12.1 Å². The summed E-state index contributed by atoms with van der Waals surface area (Å²) in [7, 11) is -0.262. The van der Waals surface area contributed by atoms with Gasteiger partial charge in [-0.15, -0.1) is 0 Å². The number of nitrogens with one attached hydrogen (secondary N) is 2. The van der Waals surface area contributed by atoms with E-state index >= 15 is 0 Å². The molecule has 0 bridgehead atoms. The van der Waals surface area contributed by atoms with E-state index < -0.39 is 10.0 Å². The fraction of sp³-hybridized carbons (Fsp3) is 0.316. The van der Waals surface area contributed by atoms with Gasteiger partial charge in [-0.05, 0) is 48.7 Å². The van der Waals surface area contributed by atoms with Crippen LogP contribution in [0.5, 0.6) is 11.5 Å². The number of hydrogen-bond acceptors (Lipinski definition) is 5. The molecule has 0 saturated heterocycles. The van der Waals surface area contributed by atoms with Crippen LogP contribution in [0.2, 0.25) is 0 Å². The van der Waals surface area contributed by atoms with Crippen molar-refractivity contribution in [3.8, 4) is 11.5 Å². The lowest BCUT2D eigenvalue weighted by Crippen LogP contribution is -2.26. The van der Waals surface area contributed by atoms with Crippen molar-refractivity contribution in [3.63, 3.8) is 0 Å². The molecule has 2 aromatic rings. The molecule has 2 rings (SSSR count). The first kappa shape index (κ1) is 20.6. The van der Waals surface area contributed by atoms with Crippen LogP contribution in [0.25, 0.3) is 0 Å². The summed E-state index contributed by atoms with van der Waals surface area (Å²) in [4.78, 5) is 12.5. The maximum Gasteiger partial charge on any atom is 0.251 e. The van der Waals surface area contributed by atoms with Crippen LogP contribution in [0.4, 0.5) is 5.69 Å². The number of amides is 1. The molecule has 0 heterocycles. The Bertz CT molecular complexity index is 926. The van der Waals surface area contributed by atoms with Gasteiger partial charge in [0.2, 0.25) is 10.0 Å². The third-order valence-electron chi connectivity index (χ3n) is 4.02. The van der Waals surface area contributed by atoms with Crippen molar-refractivity contribution in [2.45, 2.75) is 13.3 Å². The number of rotatable bonds is 8. The molecule has 0 radical (unpaired) electrons. The maximum absolute atomic E-state index is 12.5. The lowest BCUT2D eigenvalue weighted by atomic mass is 10.1. The van der Waals surface area contributed by atoms with Crippen LogP contribution in [0, 0.1) is 6.92 Å². The molecular weight excluding hydrogens is 368 g/mol. The highest BCUT2D eigenvalue weighted by Gasteiger charge is 2.13. The number of carbonyl (C=O) groups excluding carboxylic acids is 1. The third-order valence-corrected chi connectivity index (χ3v) is 4.61. The van der Waals surface area contributed by atoms with Gasteiger partial charge in [0.05, 0.1) is 26.2 Å². The number of benzene rings is 2. The highest BCUT2D eigenvalue weighted by atomic mass is 32.2. The van der Waals surface area contributed by atoms with E-state index in [0.717, 1.165) is 11.8 Å². The molecule has 0 fully saturated rings. The van der Waals surface area contributed by atoms with E-state index in [2.05, 4.69) is 10.0 Å². The molecule has 0 aliphatic rings. The Hall–Kier alpha value is -2.74. The van der Waals surface area contributed by atoms with Gasteiger partial charge < -0.3 is 14.8 Å². The average Bonchev–Trinajstić information content (AvgIpc) is 2.62. The number of anilines is 1. The number of methoxy groups -OCH3 is 2. The van der Waals surface area contributed by atoms with E-state index in [9.17, 15) is 13.2 Å². The topological polar surface area (TPSA) is 93.7 Å². The largest absolute Gasteiger partial charge is 0.493 e. The molecule has 0 atom stereocenters. The number of carbonyl (C=O) groups is 1. The van der Waals surface area contributed by atoms with Crippen molar-refractivity contribution in [1.29, 1.82) is 0 Å². The first-order valence-electron chi connectivity index (χ1n) is 8.31. The Kier molecular flexibility index (Phi) is 6.68. The van der Waals surface area contributed by atoms with E-state index in [-0.39, 0.29) is 5.91 Å². The van der Waals surface area contributed by atoms with Gasteiger partial charge in [-0.3, -0.25) is 9.52 Å². The summed E-state index contributed by atoms with van der Waals surface area (Å²) in [6.45, 7) is 2.13. The predicted octanol–water partition coefficient (Wildman–Crippen LogP) is 2.36. The summed E-state index contributed by atoms with van der Waals surface area (Å²) >= 11 is 0. The Morgan fingerprint density at radius 1 is 1.07 bits per heavy atom. The minimum atomic E-state index is -3.41. The second kappa shape index (κ2) is 8.77. The van der Waals surface area contributed by atoms with Crippen LogP contribution in [0.3, 0.4) is 0 Å². The number of ether oxygens (including phenoxy) is 2. The van der Waals surface area contributed by atoms with Gasteiger partial charge in [0.15, 0.2) is 11.5 Å². The van der Waals surface area contributed by atoms with Crippen LogP contribution in [-0.4, -0.2) is 41.3 Å². The molecule has 27 heavy (non-hydrogen) atoms. The monoisotopic (exact) mass is 392 g/mol. The lowest BCUT2D eigenvalue weighted by molar-refractivity contribution is 0.0953. The van der Waals surface area contributed by atoms with Crippen molar-refractivity contribution >= 4 is 21.6 Å². The molecule has 8 heteroatoms. The first-order valence-corrected chi connectivity index (χ1v) is 10.2. The summed E-state index contributed by atoms with van der Waals surface area (Å²) < 4.78 is 35.8. The number of hydrogen-bond donors (Lipinski definition) is 2. The third kappa shape index (κ3) is 5.62. The maximum atomic E-state index is 12.5. The van der Waals surface area contributed by atoms with Crippen molar-refractivity contribution in [1.82, 2.24) is 5.32 Å². The van der Waals surface area contributed by atoms with E-state index in [4.69, 9.17) is 9.47 Å². The minimum Gasteiger partial charge on any atom is -0.493 e. The van der Waals surface area contributed by atoms with Crippen LogP contribution in [0.15, 0.2) is 36.4 Å². The van der Waals surface area contributed by atoms with Crippen molar-refractivity contribution in [2.24, 2.45) is 0 Å². The van der Waals surface area contributed by atoms with Crippen LogP contribution >= 0.6 is 0 Å². The van der Waals surface area contributed by atoms with Gasteiger partial charge in [0.25, 0.3) is 5.91 Å². The molecule has 0 saturated carbocycles. The van der Waals surface area contributed by atoms with E-state index in [0.29, 0.717) is 41.3 Å². The Balaban J connectivity index is 2.03. The first-order chi connectivity index (χ1) is 12.7. The zero-order valence-electron chi connectivity index (χ0n) is 15.8. The summed E-state index contributed by atoms with van der Waals surface area (Å²) in [6, 6.07) is 10.5. The molecule has 0 spiro atoms. The standard InChI is InChI=1S/C19H24N2O5S/c1-13-15(6-5-7-16(13)21-27(4,23)24)19(22)20-11-10-14-8-9-17(25-2)18(12-14)26-3/h5-9,12,21H,10-11H2,1-4H3,(H,20,22). The summed E-state index contributed by atoms with van der Waals surface area (Å²) in [5, 5.41) is 2.86.